The van der Waals surface area contributed by atoms with E-state index in [0.717, 1.165) is 6.42 Å². The molecule has 0 radical (unpaired) electrons. The second kappa shape index (κ2) is 6.41. The fraction of sp³-hybridized carbons (Fsp3) is 0.467. The van der Waals surface area contributed by atoms with Crippen molar-refractivity contribution >= 4 is 11.9 Å². The number of amides is 3. The molecule has 0 saturated heterocycles. The van der Waals surface area contributed by atoms with Gasteiger partial charge >= 0.3 is 6.03 Å². The third kappa shape index (κ3) is 3.29. The van der Waals surface area contributed by atoms with Crippen LogP contribution in [-0.2, 0) is 17.9 Å². The van der Waals surface area contributed by atoms with Crippen LogP contribution in [0.3, 0.4) is 0 Å². The van der Waals surface area contributed by atoms with Crippen molar-refractivity contribution in [1.82, 2.24) is 15.5 Å². The number of nitrogens with zero attached hydrogens (tertiary/aromatic N) is 1. The largest absolute Gasteiger partial charge is 0.338 e. The molecule has 0 bridgehead atoms. The van der Waals surface area contributed by atoms with Gasteiger partial charge in [-0.05, 0) is 24.5 Å². The maximum absolute atomic E-state index is 12.3. The van der Waals surface area contributed by atoms with Crippen molar-refractivity contribution in [3.63, 3.8) is 0 Å². The third-order valence-corrected chi connectivity index (χ3v) is 3.41. The van der Waals surface area contributed by atoms with Gasteiger partial charge in [-0.15, -0.1) is 0 Å². The molecule has 0 spiro atoms. The number of hydrogen-bond donors (Lipinski definition) is 2. The standard InChI is InChI=1S/C15H21N3O2/c1-3-8-16-15(20)17-11(2)14(19)18-9-12-6-4-5-7-13(12)10-18/h4-7,11H,3,8-10H2,1-2H3,(H2,16,17,20)/t11-/m0/s1. The average Bonchev–Trinajstić information content (AvgIpc) is 2.87. The fourth-order valence-electron chi connectivity index (χ4n) is 2.31. The van der Waals surface area contributed by atoms with E-state index in [9.17, 15) is 9.59 Å². The third-order valence-electron chi connectivity index (χ3n) is 3.41. The molecule has 1 heterocycles. The molecule has 1 aliphatic rings. The Hall–Kier alpha value is -2.04. The van der Waals surface area contributed by atoms with Gasteiger partial charge in [-0.1, -0.05) is 31.2 Å². The van der Waals surface area contributed by atoms with Crippen LogP contribution in [0.2, 0.25) is 0 Å². The number of rotatable bonds is 4. The van der Waals surface area contributed by atoms with Crippen LogP contribution >= 0.6 is 0 Å². The summed E-state index contributed by atoms with van der Waals surface area (Å²) in [5, 5.41) is 5.38. The van der Waals surface area contributed by atoms with E-state index in [1.54, 1.807) is 11.8 Å². The van der Waals surface area contributed by atoms with Crippen molar-refractivity contribution < 1.29 is 9.59 Å². The quantitative estimate of drug-likeness (QED) is 0.877. The number of urea groups is 1. The Morgan fingerprint density at radius 1 is 1.25 bits per heavy atom. The topological polar surface area (TPSA) is 61.4 Å². The minimum Gasteiger partial charge on any atom is -0.338 e. The minimum atomic E-state index is -0.513. The first-order valence-corrected chi connectivity index (χ1v) is 7.01. The van der Waals surface area contributed by atoms with Crippen molar-refractivity contribution in [2.24, 2.45) is 0 Å². The molecular weight excluding hydrogens is 254 g/mol. The van der Waals surface area contributed by atoms with Crippen LogP contribution in [0.15, 0.2) is 24.3 Å². The highest BCUT2D eigenvalue weighted by molar-refractivity contribution is 5.87. The number of carbonyl (C=O) groups excluding carboxylic acids is 2. The van der Waals surface area contributed by atoms with E-state index in [-0.39, 0.29) is 11.9 Å². The predicted octanol–water partition coefficient (Wildman–Crippen LogP) is 1.63. The lowest BCUT2D eigenvalue weighted by Crippen LogP contribution is -2.48. The van der Waals surface area contributed by atoms with Crippen LogP contribution in [0.4, 0.5) is 4.79 Å². The van der Waals surface area contributed by atoms with Gasteiger partial charge in [0.05, 0.1) is 0 Å². The van der Waals surface area contributed by atoms with Gasteiger partial charge < -0.3 is 15.5 Å². The first-order chi connectivity index (χ1) is 9.61. The van der Waals surface area contributed by atoms with Gasteiger partial charge in [0.2, 0.25) is 5.91 Å². The summed E-state index contributed by atoms with van der Waals surface area (Å²) in [6, 6.07) is 7.23. The van der Waals surface area contributed by atoms with Crippen molar-refractivity contribution in [1.29, 1.82) is 0 Å². The van der Waals surface area contributed by atoms with E-state index in [2.05, 4.69) is 10.6 Å². The molecule has 108 valence electrons. The molecule has 1 aromatic carbocycles. The number of fused-ring (bicyclic) bond motifs is 1. The highest BCUT2D eigenvalue weighted by Crippen LogP contribution is 2.22. The van der Waals surface area contributed by atoms with Gasteiger partial charge in [-0.2, -0.15) is 0 Å². The smallest absolute Gasteiger partial charge is 0.315 e. The van der Waals surface area contributed by atoms with Gasteiger partial charge in [0, 0.05) is 19.6 Å². The van der Waals surface area contributed by atoms with E-state index in [1.165, 1.54) is 11.1 Å². The van der Waals surface area contributed by atoms with Crippen molar-refractivity contribution in [3.8, 4) is 0 Å². The highest BCUT2D eigenvalue weighted by atomic mass is 16.2. The summed E-state index contributed by atoms with van der Waals surface area (Å²) >= 11 is 0. The molecule has 0 fully saturated rings. The Morgan fingerprint density at radius 2 is 1.85 bits per heavy atom. The maximum atomic E-state index is 12.3. The van der Waals surface area contributed by atoms with Crippen LogP contribution in [0.25, 0.3) is 0 Å². The van der Waals surface area contributed by atoms with Gasteiger partial charge in [-0.3, -0.25) is 4.79 Å². The molecule has 1 aliphatic heterocycles. The van der Waals surface area contributed by atoms with Crippen LogP contribution in [-0.4, -0.2) is 29.4 Å². The lowest BCUT2D eigenvalue weighted by molar-refractivity contribution is -0.133. The molecule has 5 heteroatoms. The number of benzene rings is 1. The minimum absolute atomic E-state index is 0.0483. The zero-order valence-corrected chi connectivity index (χ0v) is 12.0. The average molecular weight is 275 g/mol. The van der Waals surface area contributed by atoms with Crippen molar-refractivity contribution in [2.75, 3.05) is 6.54 Å². The van der Waals surface area contributed by atoms with E-state index >= 15 is 0 Å². The molecule has 20 heavy (non-hydrogen) atoms. The van der Waals surface area contributed by atoms with E-state index in [1.807, 2.05) is 31.2 Å². The van der Waals surface area contributed by atoms with Crippen LogP contribution in [0.1, 0.15) is 31.4 Å². The molecule has 0 aromatic heterocycles. The second-order valence-electron chi connectivity index (χ2n) is 5.08. The first-order valence-electron chi connectivity index (χ1n) is 7.01. The Balaban J connectivity index is 1.88. The van der Waals surface area contributed by atoms with Crippen molar-refractivity contribution in [2.45, 2.75) is 39.4 Å². The summed E-state index contributed by atoms with van der Waals surface area (Å²) in [4.78, 5) is 25.6. The molecule has 3 amide bonds. The lowest BCUT2D eigenvalue weighted by Gasteiger charge is -2.21. The Morgan fingerprint density at radius 3 is 2.40 bits per heavy atom. The zero-order valence-electron chi connectivity index (χ0n) is 12.0. The highest BCUT2D eigenvalue weighted by Gasteiger charge is 2.27. The summed E-state index contributed by atoms with van der Waals surface area (Å²) in [6.07, 6.45) is 0.872. The first kappa shape index (κ1) is 14.4. The van der Waals surface area contributed by atoms with Gasteiger partial charge in [0.15, 0.2) is 0 Å². The van der Waals surface area contributed by atoms with Crippen LogP contribution in [0, 0.1) is 0 Å². The van der Waals surface area contributed by atoms with E-state index in [4.69, 9.17) is 0 Å². The summed E-state index contributed by atoms with van der Waals surface area (Å²) in [5.41, 5.74) is 2.37. The SMILES string of the molecule is CCCNC(=O)N[C@@H](C)C(=O)N1Cc2ccccc2C1. The second-order valence-corrected chi connectivity index (χ2v) is 5.08. The molecule has 0 aliphatic carbocycles. The Bertz CT molecular complexity index is 477. The number of carbonyl (C=O) groups is 2. The summed E-state index contributed by atoms with van der Waals surface area (Å²) < 4.78 is 0. The molecule has 0 unspecified atom stereocenters. The van der Waals surface area contributed by atoms with E-state index < -0.39 is 6.04 Å². The molecule has 0 saturated carbocycles. The zero-order chi connectivity index (χ0) is 14.5. The van der Waals surface area contributed by atoms with Gasteiger partial charge in [0.1, 0.15) is 6.04 Å². The number of nitrogens with one attached hydrogen (secondary N) is 2. The van der Waals surface area contributed by atoms with E-state index in [0.29, 0.717) is 19.6 Å². The maximum Gasteiger partial charge on any atom is 0.315 e. The van der Waals surface area contributed by atoms with Crippen LogP contribution in [0.5, 0.6) is 0 Å². The Kier molecular flexibility index (Phi) is 4.61. The molecule has 5 nitrogen and oxygen atoms in total. The Labute approximate surface area is 119 Å². The molecule has 2 rings (SSSR count). The molecule has 2 N–H and O–H groups in total. The molecule has 1 atom stereocenters. The fourth-order valence-corrected chi connectivity index (χ4v) is 2.31. The van der Waals surface area contributed by atoms with Crippen LogP contribution < -0.4 is 10.6 Å². The summed E-state index contributed by atoms with van der Waals surface area (Å²) in [6.45, 7) is 5.56. The van der Waals surface area contributed by atoms with Gasteiger partial charge in [-0.25, -0.2) is 4.79 Å². The summed E-state index contributed by atoms with van der Waals surface area (Å²) in [5.74, 6) is -0.0483. The normalized spacial score (nSPS) is 14.6. The van der Waals surface area contributed by atoms with Gasteiger partial charge in [0.25, 0.3) is 0 Å². The lowest BCUT2D eigenvalue weighted by atomic mass is 10.1. The molecule has 1 aromatic rings. The molecular formula is C15H21N3O2. The van der Waals surface area contributed by atoms with Crippen molar-refractivity contribution in [3.05, 3.63) is 35.4 Å². The summed E-state index contributed by atoms with van der Waals surface area (Å²) in [7, 11) is 0. The predicted molar refractivity (Wildman–Crippen MR) is 77.0 cm³/mol. The number of hydrogen-bond acceptors (Lipinski definition) is 2. The monoisotopic (exact) mass is 275 g/mol.